The minimum atomic E-state index is -0.969. The van der Waals surface area contributed by atoms with Gasteiger partial charge in [0.15, 0.2) is 0 Å². The molecular weight excluding hydrogens is 385 g/mol. The maximum Gasteiger partial charge on any atom is 0.257 e. The van der Waals surface area contributed by atoms with Crippen LogP contribution in [0.4, 0.5) is 10.1 Å². The third kappa shape index (κ3) is 3.45. The van der Waals surface area contributed by atoms with Crippen LogP contribution in [0.2, 0.25) is 0 Å². The number of hydrogen-bond acceptors (Lipinski definition) is 4. The number of carbonyl (C=O) groups excluding carboxylic acids is 3. The molecule has 1 atom stereocenters. The normalized spacial score (nSPS) is 19.2. The first-order chi connectivity index (χ1) is 14.5. The topological polar surface area (TPSA) is 81.5 Å². The summed E-state index contributed by atoms with van der Waals surface area (Å²) in [5.74, 6) is -2.13. The zero-order valence-electron chi connectivity index (χ0n) is 16.3. The van der Waals surface area contributed by atoms with E-state index in [0.29, 0.717) is 11.3 Å². The van der Waals surface area contributed by atoms with Crippen LogP contribution in [0, 0.1) is 17.1 Å². The average molecular weight is 405 g/mol. The van der Waals surface area contributed by atoms with Gasteiger partial charge in [-0.05, 0) is 49.2 Å². The van der Waals surface area contributed by atoms with Crippen molar-refractivity contribution in [1.82, 2.24) is 4.90 Å². The summed E-state index contributed by atoms with van der Waals surface area (Å²) in [6.07, 6.45) is 3.12. The van der Waals surface area contributed by atoms with Gasteiger partial charge < -0.3 is 4.90 Å². The third-order valence-electron chi connectivity index (χ3n) is 5.77. The summed E-state index contributed by atoms with van der Waals surface area (Å²) in [5, 5.41) is 8.95. The Labute approximate surface area is 173 Å². The summed E-state index contributed by atoms with van der Waals surface area (Å²) in [4.78, 5) is 41.7. The number of rotatable bonds is 4. The van der Waals surface area contributed by atoms with Crippen LogP contribution in [-0.2, 0) is 9.59 Å². The number of benzene rings is 2. The molecule has 0 radical (unpaired) electrons. The predicted molar refractivity (Wildman–Crippen MR) is 107 cm³/mol. The molecule has 0 N–H and O–H groups in total. The molecule has 7 heteroatoms. The Bertz CT molecular complexity index is 1040. The fourth-order valence-corrected chi connectivity index (χ4v) is 4.31. The molecule has 0 aromatic heterocycles. The van der Waals surface area contributed by atoms with Gasteiger partial charge >= 0.3 is 0 Å². The third-order valence-corrected chi connectivity index (χ3v) is 5.77. The first-order valence-electron chi connectivity index (χ1n) is 9.95. The molecule has 2 aliphatic rings. The highest BCUT2D eigenvalue weighted by molar-refractivity contribution is 6.23. The quantitative estimate of drug-likeness (QED) is 0.730. The van der Waals surface area contributed by atoms with E-state index in [1.54, 1.807) is 6.07 Å². The number of nitriles is 1. The lowest BCUT2D eigenvalue weighted by atomic mass is 10.1. The van der Waals surface area contributed by atoms with Crippen LogP contribution in [-0.4, -0.2) is 34.7 Å². The number of halogens is 1. The maximum absolute atomic E-state index is 14.3. The van der Waals surface area contributed by atoms with Gasteiger partial charge in [-0.3, -0.25) is 14.4 Å². The van der Waals surface area contributed by atoms with Gasteiger partial charge in [0, 0.05) is 6.04 Å². The predicted octanol–water partition coefficient (Wildman–Crippen LogP) is 3.41. The SMILES string of the molecule is N#Cc1ccc(N2C(=O)CC(N(C(=O)c3ccccc3F)C3CCCC3)C2=O)cc1. The second-order valence-electron chi connectivity index (χ2n) is 7.58. The van der Waals surface area contributed by atoms with Crippen LogP contribution < -0.4 is 4.90 Å². The van der Waals surface area contributed by atoms with Gasteiger partial charge in [0.25, 0.3) is 11.8 Å². The molecule has 4 rings (SSSR count). The molecule has 1 aliphatic heterocycles. The number of hydrogen-bond donors (Lipinski definition) is 0. The minimum absolute atomic E-state index is 0.0959. The molecule has 1 aliphatic carbocycles. The fourth-order valence-electron chi connectivity index (χ4n) is 4.31. The van der Waals surface area contributed by atoms with Crippen molar-refractivity contribution in [3.8, 4) is 6.07 Å². The van der Waals surface area contributed by atoms with Crippen LogP contribution in [0.15, 0.2) is 48.5 Å². The molecule has 1 saturated carbocycles. The largest absolute Gasteiger partial charge is 0.323 e. The first kappa shape index (κ1) is 19.8. The molecule has 6 nitrogen and oxygen atoms in total. The van der Waals surface area contributed by atoms with Gasteiger partial charge in [-0.15, -0.1) is 0 Å². The molecule has 2 aromatic rings. The van der Waals surface area contributed by atoms with Crippen LogP contribution in [0.3, 0.4) is 0 Å². The highest BCUT2D eigenvalue weighted by atomic mass is 19.1. The van der Waals surface area contributed by atoms with E-state index in [1.165, 1.54) is 47.4 Å². The van der Waals surface area contributed by atoms with E-state index >= 15 is 0 Å². The average Bonchev–Trinajstić information content (AvgIpc) is 3.37. The number of nitrogens with zero attached hydrogens (tertiary/aromatic N) is 3. The second kappa shape index (κ2) is 8.07. The van der Waals surface area contributed by atoms with Crippen molar-refractivity contribution in [3.63, 3.8) is 0 Å². The van der Waals surface area contributed by atoms with Gasteiger partial charge in [-0.2, -0.15) is 5.26 Å². The highest BCUT2D eigenvalue weighted by Crippen LogP contribution is 2.33. The Kier molecular flexibility index (Phi) is 5.32. The summed E-state index contributed by atoms with van der Waals surface area (Å²) in [5.41, 5.74) is 0.675. The van der Waals surface area contributed by atoms with Crippen molar-refractivity contribution < 1.29 is 18.8 Å². The zero-order chi connectivity index (χ0) is 21.3. The summed E-state index contributed by atoms with van der Waals surface area (Å²) in [6, 6.07) is 12.6. The molecule has 1 saturated heterocycles. The van der Waals surface area contributed by atoms with E-state index in [9.17, 15) is 18.8 Å². The highest BCUT2D eigenvalue weighted by Gasteiger charge is 2.47. The monoisotopic (exact) mass is 405 g/mol. The van der Waals surface area contributed by atoms with Crippen molar-refractivity contribution in [2.45, 2.75) is 44.2 Å². The summed E-state index contributed by atoms with van der Waals surface area (Å²) in [7, 11) is 0. The van der Waals surface area contributed by atoms with Crippen LogP contribution in [0.5, 0.6) is 0 Å². The van der Waals surface area contributed by atoms with E-state index in [2.05, 4.69) is 0 Å². The van der Waals surface area contributed by atoms with Gasteiger partial charge in [0.05, 0.1) is 29.3 Å². The lowest BCUT2D eigenvalue weighted by Crippen LogP contribution is -2.50. The van der Waals surface area contributed by atoms with Crippen LogP contribution in [0.1, 0.15) is 48.0 Å². The number of anilines is 1. The summed E-state index contributed by atoms with van der Waals surface area (Å²) in [6.45, 7) is 0. The molecule has 3 amide bonds. The van der Waals surface area contributed by atoms with Crippen LogP contribution >= 0.6 is 0 Å². The number of imide groups is 1. The lowest BCUT2D eigenvalue weighted by molar-refractivity contribution is -0.123. The minimum Gasteiger partial charge on any atom is -0.323 e. The van der Waals surface area contributed by atoms with Crippen molar-refractivity contribution in [2.75, 3.05) is 4.90 Å². The zero-order valence-corrected chi connectivity index (χ0v) is 16.3. The van der Waals surface area contributed by atoms with E-state index in [1.807, 2.05) is 6.07 Å². The molecule has 0 spiro atoms. The number of amides is 3. The first-order valence-corrected chi connectivity index (χ1v) is 9.95. The van der Waals surface area contributed by atoms with E-state index < -0.39 is 29.6 Å². The van der Waals surface area contributed by atoms with Crippen molar-refractivity contribution >= 4 is 23.4 Å². The van der Waals surface area contributed by atoms with Gasteiger partial charge in [-0.1, -0.05) is 25.0 Å². The van der Waals surface area contributed by atoms with Gasteiger partial charge in [0.2, 0.25) is 5.91 Å². The second-order valence-corrected chi connectivity index (χ2v) is 7.58. The molecule has 1 heterocycles. The molecular formula is C23H20FN3O3. The Morgan fingerprint density at radius 2 is 1.73 bits per heavy atom. The Morgan fingerprint density at radius 3 is 2.37 bits per heavy atom. The Balaban J connectivity index is 1.68. The molecule has 152 valence electrons. The standard InChI is InChI=1S/C23H20FN3O3/c24-19-8-4-3-7-18(19)22(29)26(16-5-1-2-6-16)20-13-21(28)27(23(20)30)17-11-9-15(14-25)10-12-17/h3-4,7-12,16,20H,1-2,5-6,13H2. The summed E-state index contributed by atoms with van der Waals surface area (Å²) >= 11 is 0. The molecule has 2 aromatic carbocycles. The van der Waals surface area contributed by atoms with E-state index in [0.717, 1.165) is 30.6 Å². The smallest absolute Gasteiger partial charge is 0.257 e. The van der Waals surface area contributed by atoms with Gasteiger partial charge in [0.1, 0.15) is 11.9 Å². The van der Waals surface area contributed by atoms with E-state index in [4.69, 9.17) is 5.26 Å². The van der Waals surface area contributed by atoms with Crippen molar-refractivity contribution in [1.29, 1.82) is 5.26 Å². The maximum atomic E-state index is 14.3. The van der Waals surface area contributed by atoms with Crippen molar-refractivity contribution in [2.24, 2.45) is 0 Å². The lowest BCUT2D eigenvalue weighted by Gasteiger charge is -2.33. The molecule has 1 unspecified atom stereocenters. The Morgan fingerprint density at radius 1 is 1.07 bits per heavy atom. The number of carbonyl (C=O) groups is 3. The molecule has 0 bridgehead atoms. The van der Waals surface area contributed by atoms with Crippen molar-refractivity contribution in [3.05, 3.63) is 65.5 Å². The van der Waals surface area contributed by atoms with Crippen LogP contribution in [0.25, 0.3) is 0 Å². The summed E-state index contributed by atoms with van der Waals surface area (Å²) < 4.78 is 14.3. The molecule has 2 fully saturated rings. The van der Waals surface area contributed by atoms with Gasteiger partial charge in [-0.25, -0.2) is 9.29 Å². The Hall–Kier alpha value is -3.53. The fraction of sp³-hybridized carbons (Fsp3) is 0.304. The van der Waals surface area contributed by atoms with E-state index in [-0.39, 0.29) is 18.0 Å². The molecule has 30 heavy (non-hydrogen) atoms.